The second-order valence-corrected chi connectivity index (χ2v) is 4.58. The Morgan fingerprint density at radius 2 is 2.00 bits per heavy atom. The Kier molecular flexibility index (Phi) is 3.67. The summed E-state index contributed by atoms with van der Waals surface area (Å²) >= 11 is 0. The molecule has 0 spiro atoms. The van der Waals surface area contributed by atoms with E-state index in [4.69, 9.17) is 4.74 Å². The van der Waals surface area contributed by atoms with Crippen LogP contribution in [0.1, 0.15) is 37.8 Å². The fraction of sp³-hybridized carbons (Fsp3) is 0.500. The summed E-state index contributed by atoms with van der Waals surface area (Å²) in [6, 6.07) is 10.6. The number of piperidine rings is 1. The number of rotatable bonds is 1. The standard InChI is InChI=1S/C14H19NO2/c1-11-7-6-10-13(15(11)14(16)17-2)12-8-4-3-5-9-12/h3-5,8-9,11,13H,6-7,10H2,1-2H3/t11-,13-/m1/s1. The monoisotopic (exact) mass is 233 g/mol. The third kappa shape index (κ3) is 2.43. The molecule has 1 aliphatic rings. The third-order valence-corrected chi connectivity index (χ3v) is 3.48. The average molecular weight is 233 g/mol. The zero-order chi connectivity index (χ0) is 12.3. The van der Waals surface area contributed by atoms with Crippen LogP contribution in [0.5, 0.6) is 0 Å². The Balaban J connectivity index is 2.27. The van der Waals surface area contributed by atoms with Gasteiger partial charge in [-0.1, -0.05) is 30.3 Å². The molecule has 1 aromatic carbocycles. The van der Waals surface area contributed by atoms with Crippen molar-refractivity contribution in [2.45, 2.75) is 38.3 Å². The summed E-state index contributed by atoms with van der Waals surface area (Å²) in [6.07, 6.45) is 3.02. The van der Waals surface area contributed by atoms with E-state index in [1.807, 2.05) is 23.1 Å². The molecule has 1 fully saturated rings. The Labute approximate surface area is 102 Å². The molecule has 17 heavy (non-hydrogen) atoms. The normalized spacial score (nSPS) is 24.5. The molecule has 0 bridgehead atoms. The molecule has 0 saturated carbocycles. The molecular formula is C14H19NO2. The lowest BCUT2D eigenvalue weighted by atomic mass is 9.92. The largest absolute Gasteiger partial charge is 0.453 e. The number of hydrogen-bond acceptors (Lipinski definition) is 2. The molecule has 2 rings (SSSR count). The highest BCUT2D eigenvalue weighted by molar-refractivity contribution is 5.68. The maximum Gasteiger partial charge on any atom is 0.410 e. The van der Waals surface area contributed by atoms with Crippen LogP contribution in [0.15, 0.2) is 30.3 Å². The van der Waals surface area contributed by atoms with Gasteiger partial charge in [-0.3, -0.25) is 4.90 Å². The molecule has 1 amide bonds. The number of carbonyl (C=O) groups excluding carboxylic acids is 1. The summed E-state index contributed by atoms with van der Waals surface area (Å²) in [5.74, 6) is 0. The van der Waals surface area contributed by atoms with E-state index in [0.29, 0.717) is 0 Å². The fourth-order valence-corrected chi connectivity index (χ4v) is 2.61. The van der Waals surface area contributed by atoms with E-state index in [2.05, 4.69) is 19.1 Å². The van der Waals surface area contributed by atoms with E-state index in [9.17, 15) is 4.79 Å². The summed E-state index contributed by atoms with van der Waals surface area (Å²) in [7, 11) is 1.45. The maximum atomic E-state index is 11.9. The predicted octanol–water partition coefficient (Wildman–Crippen LogP) is 3.37. The number of likely N-dealkylation sites (tertiary alicyclic amines) is 1. The van der Waals surface area contributed by atoms with Crippen LogP contribution in [0.2, 0.25) is 0 Å². The van der Waals surface area contributed by atoms with Gasteiger partial charge in [-0.2, -0.15) is 0 Å². The van der Waals surface area contributed by atoms with E-state index < -0.39 is 0 Å². The minimum absolute atomic E-state index is 0.160. The van der Waals surface area contributed by atoms with Crippen LogP contribution in [0, 0.1) is 0 Å². The van der Waals surface area contributed by atoms with Crippen molar-refractivity contribution < 1.29 is 9.53 Å². The van der Waals surface area contributed by atoms with Crippen molar-refractivity contribution in [2.75, 3.05) is 7.11 Å². The summed E-state index contributed by atoms with van der Waals surface area (Å²) in [5.41, 5.74) is 1.20. The summed E-state index contributed by atoms with van der Waals surface area (Å²) < 4.78 is 4.90. The van der Waals surface area contributed by atoms with E-state index in [1.54, 1.807) is 0 Å². The first kappa shape index (κ1) is 12.0. The van der Waals surface area contributed by atoms with Gasteiger partial charge in [0.25, 0.3) is 0 Å². The van der Waals surface area contributed by atoms with Crippen molar-refractivity contribution in [3.05, 3.63) is 35.9 Å². The number of methoxy groups -OCH3 is 1. The highest BCUT2D eigenvalue weighted by atomic mass is 16.5. The van der Waals surface area contributed by atoms with Gasteiger partial charge in [-0.05, 0) is 31.7 Å². The summed E-state index contributed by atoms with van der Waals surface area (Å²) in [4.78, 5) is 13.7. The molecule has 1 aromatic rings. The Morgan fingerprint density at radius 1 is 1.29 bits per heavy atom. The zero-order valence-corrected chi connectivity index (χ0v) is 10.4. The Hall–Kier alpha value is -1.51. The molecule has 0 aromatic heterocycles. The Bertz CT molecular complexity index is 377. The van der Waals surface area contributed by atoms with Gasteiger partial charge in [-0.25, -0.2) is 4.79 Å². The van der Waals surface area contributed by atoms with Gasteiger partial charge in [0.2, 0.25) is 0 Å². The molecular weight excluding hydrogens is 214 g/mol. The van der Waals surface area contributed by atoms with E-state index in [0.717, 1.165) is 19.3 Å². The van der Waals surface area contributed by atoms with Crippen molar-refractivity contribution in [3.63, 3.8) is 0 Å². The van der Waals surface area contributed by atoms with Gasteiger partial charge >= 0.3 is 6.09 Å². The number of carbonyl (C=O) groups is 1. The Morgan fingerprint density at radius 3 is 2.65 bits per heavy atom. The van der Waals surface area contributed by atoms with Crippen molar-refractivity contribution >= 4 is 6.09 Å². The second-order valence-electron chi connectivity index (χ2n) is 4.58. The summed E-state index contributed by atoms with van der Waals surface area (Å²) in [5, 5.41) is 0. The quantitative estimate of drug-likeness (QED) is 0.744. The van der Waals surface area contributed by atoms with Crippen LogP contribution >= 0.6 is 0 Å². The fourth-order valence-electron chi connectivity index (χ4n) is 2.61. The zero-order valence-electron chi connectivity index (χ0n) is 10.4. The first-order valence-electron chi connectivity index (χ1n) is 6.15. The maximum absolute atomic E-state index is 11.9. The van der Waals surface area contributed by atoms with Gasteiger partial charge < -0.3 is 4.74 Å². The van der Waals surface area contributed by atoms with Gasteiger partial charge in [0.1, 0.15) is 0 Å². The second kappa shape index (κ2) is 5.21. The molecule has 3 heteroatoms. The number of nitrogens with zero attached hydrogens (tertiary/aromatic N) is 1. The number of benzene rings is 1. The topological polar surface area (TPSA) is 29.5 Å². The number of amides is 1. The van der Waals surface area contributed by atoms with Crippen LogP contribution in [0.3, 0.4) is 0 Å². The lowest BCUT2D eigenvalue weighted by Gasteiger charge is -2.39. The molecule has 0 N–H and O–H groups in total. The third-order valence-electron chi connectivity index (χ3n) is 3.48. The van der Waals surface area contributed by atoms with Crippen molar-refractivity contribution in [2.24, 2.45) is 0 Å². The van der Waals surface area contributed by atoms with Crippen molar-refractivity contribution in [1.29, 1.82) is 0 Å². The van der Waals surface area contributed by atoms with Crippen LogP contribution in [-0.2, 0) is 4.74 Å². The minimum Gasteiger partial charge on any atom is -0.453 e. The van der Waals surface area contributed by atoms with Crippen LogP contribution in [0.4, 0.5) is 4.79 Å². The first-order valence-corrected chi connectivity index (χ1v) is 6.15. The van der Waals surface area contributed by atoms with E-state index >= 15 is 0 Å². The van der Waals surface area contributed by atoms with E-state index in [1.165, 1.54) is 12.7 Å². The molecule has 1 saturated heterocycles. The molecule has 0 aliphatic carbocycles. The molecule has 2 atom stereocenters. The average Bonchev–Trinajstić information content (AvgIpc) is 2.38. The highest BCUT2D eigenvalue weighted by Gasteiger charge is 2.33. The minimum atomic E-state index is -0.217. The number of ether oxygens (including phenoxy) is 1. The molecule has 1 heterocycles. The number of hydrogen-bond donors (Lipinski definition) is 0. The van der Waals surface area contributed by atoms with Gasteiger partial charge in [0, 0.05) is 6.04 Å². The van der Waals surface area contributed by atoms with Crippen molar-refractivity contribution in [1.82, 2.24) is 4.90 Å². The molecule has 92 valence electrons. The SMILES string of the molecule is COC(=O)N1[C@H](C)CCC[C@@H]1c1ccccc1. The predicted molar refractivity (Wildman–Crippen MR) is 66.7 cm³/mol. The van der Waals surface area contributed by atoms with Crippen LogP contribution in [-0.4, -0.2) is 24.1 Å². The van der Waals surface area contributed by atoms with Gasteiger partial charge in [0.15, 0.2) is 0 Å². The van der Waals surface area contributed by atoms with Crippen LogP contribution < -0.4 is 0 Å². The van der Waals surface area contributed by atoms with Crippen molar-refractivity contribution in [3.8, 4) is 0 Å². The molecule has 0 radical (unpaired) electrons. The lowest BCUT2D eigenvalue weighted by molar-refractivity contribution is 0.0634. The lowest BCUT2D eigenvalue weighted by Crippen LogP contribution is -2.44. The van der Waals surface area contributed by atoms with E-state index in [-0.39, 0.29) is 18.2 Å². The smallest absolute Gasteiger partial charge is 0.410 e. The molecule has 3 nitrogen and oxygen atoms in total. The molecule has 1 aliphatic heterocycles. The molecule has 0 unspecified atom stereocenters. The summed E-state index contributed by atoms with van der Waals surface area (Å²) in [6.45, 7) is 2.09. The first-order chi connectivity index (χ1) is 8.24. The van der Waals surface area contributed by atoms with Gasteiger partial charge in [0.05, 0.1) is 13.2 Å². The van der Waals surface area contributed by atoms with Crippen LogP contribution in [0.25, 0.3) is 0 Å². The van der Waals surface area contributed by atoms with Gasteiger partial charge in [-0.15, -0.1) is 0 Å². The highest BCUT2D eigenvalue weighted by Crippen LogP contribution is 2.34.